The highest BCUT2D eigenvalue weighted by Crippen LogP contribution is 2.26. The van der Waals surface area contributed by atoms with Crippen molar-refractivity contribution in [2.45, 2.75) is 17.9 Å². The number of anilines is 1. The maximum absolute atomic E-state index is 12.2. The van der Waals surface area contributed by atoms with Gasteiger partial charge in [-0.2, -0.15) is 0 Å². The summed E-state index contributed by atoms with van der Waals surface area (Å²) in [7, 11) is -3.63. The predicted octanol–water partition coefficient (Wildman–Crippen LogP) is 2.73. The fraction of sp³-hybridized carbons (Fsp3) is 0.182. The van der Waals surface area contributed by atoms with Crippen LogP contribution in [-0.2, 0) is 10.0 Å². The Hall–Kier alpha value is -0.960. The maximum atomic E-state index is 12.2. The molecule has 0 fully saturated rings. The van der Waals surface area contributed by atoms with Crippen LogP contribution in [0.2, 0.25) is 0 Å². The fourth-order valence-electron chi connectivity index (χ4n) is 1.44. The molecule has 19 heavy (non-hydrogen) atoms. The van der Waals surface area contributed by atoms with Crippen molar-refractivity contribution in [2.75, 3.05) is 4.72 Å². The molecule has 3 N–H and O–H groups in total. The summed E-state index contributed by atoms with van der Waals surface area (Å²) in [6, 6.07) is 6.34. The molecule has 0 aliphatic heterocycles. The van der Waals surface area contributed by atoms with Crippen molar-refractivity contribution in [3.05, 3.63) is 39.8 Å². The maximum Gasteiger partial charge on any atom is 0.263 e. The van der Waals surface area contributed by atoms with E-state index < -0.39 is 10.0 Å². The van der Waals surface area contributed by atoms with Gasteiger partial charge < -0.3 is 5.73 Å². The van der Waals surface area contributed by atoms with Crippen LogP contribution in [0.4, 0.5) is 5.13 Å². The first-order chi connectivity index (χ1) is 8.88. The van der Waals surface area contributed by atoms with Gasteiger partial charge in [-0.15, -0.1) is 0 Å². The van der Waals surface area contributed by atoms with E-state index >= 15 is 0 Å². The van der Waals surface area contributed by atoms with Crippen molar-refractivity contribution in [1.29, 1.82) is 0 Å². The van der Waals surface area contributed by atoms with E-state index in [2.05, 4.69) is 25.6 Å². The number of sulfonamides is 1. The molecule has 1 atom stereocenters. The van der Waals surface area contributed by atoms with Gasteiger partial charge in [0.1, 0.15) is 0 Å². The topological polar surface area (TPSA) is 85.1 Å². The first-order valence-corrected chi connectivity index (χ1v) is 8.47. The Morgan fingerprint density at radius 2 is 2.21 bits per heavy atom. The van der Waals surface area contributed by atoms with Gasteiger partial charge in [0.2, 0.25) is 0 Å². The first kappa shape index (κ1) is 14.4. The molecule has 2 aromatic rings. The fourth-order valence-corrected chi connectivity index (χ4v) is 3.84. The Balaban J connectivity index is 2.31. The van der Waals surface area contributed by atoms with E-state index in [1.807, 2.05) is 0 Å². The third kappa shape index (κ3) is 3.53. The Labute approximate surface area is 124 Å². The average molecular weight is 362 g/mol. The quantitative estimate of drug-likeness (QED) is 0.876. The Morgan fingerprint density at radius 3 is 2.79 bits per heavy atom. The van der Waals surface area contributed by atoms with Gasteiger partial charge in [0.05, 0.1) is 14.9 Å². The van der Waals surface area contributed by atoms with E-state index in [0.29, 0.717) is 5.13 Å². The van der Waals surface area contributed by atoms with Gasteiger partial charge in [-0.25, -0.2) is 13.4 Å². The predicted molar refractivity (Wildman–Crippen MR) is 79.7 cm³/mol. The van der Waals surface area contributed by atoms with Crippen LogP contribution in [-0.4, -0.2) is 13.4 Å². The summed E-state index contributed by atoms with van der Waals surface area (Å²) >= 11 is 4.44. The monoisotopic (exact) mass is 361 g/mol. The summed E-state index contributed by atoms with van der Waals surface area (Å²) in [4.78, 5) is 4.12. The summed E-state index contributed by atoms with van der Waals surface area (Å²) in [5, 5.41) is 0.318. The van der Waals surface area contributed by atoms with E-state index in [0.717, 1.165) is 9.35 Å². The van der Waals surface area contributed by atoms with E-state index in [-0.39, 0.29) is 10.9 Å². The summed E-state index contributed by atoms with van der Waals surface area (Å²) in [5.74, 6) is 0. The molecule has 2 rings (SSSR count). The number of hydrogen-bond donors (Lipinski definition) is 2. The van der Waals surface area contributed by atoms with E-state index in [4.69, 9.17) is 5.73 Å². The van der Waals surface area contributed by atoms with Crippen LogP contribution in [0.1, 0.15) is 18.5 Å². The molecule has 0 spiro atoms. The van der Waals surface area contributed by atoms with Gasteiger partial charge in [0.25, 0.3) is 10.0 Å². The Morgan fingerprint density at radius 1 is 1.47 bits per heavy atom. The molecule has 0 aliphatic rings. The van der Waals surface area contributed by atoms with Crippen LogP contribution >= 0.6 is 27.3 Å². The van der Waals surface area contributed by atoms with Crippen molar-refractivity contribution in [2.24, 2.45) is 5.73 Å². The van der Waals surface area contributed by atoms with Crippen LogP contribution < -0.4 is 10.5 Å². The van der Waals surface area contributed by atoms with E-state index in [1.54, 1.807) is 31.3 Å². The van der Waals surface area contributed by atoms with Crippen molar-refractivity contribution >= 4 is 42.4 Å². The van der Waals surface area contributed by atoms with Crippen LogP contribution in [0, 0.1) is 0 Å². The second-order valence-electron chi connectivity index (χ2n) is 3.94. The number of nitrogens with zero attached hydrogens (tertiary/aromatic N) is 1. The molecule has 1 aromatic heterocycles. The number of benzene rings is 1. The van der Waals surface area contributed by atoms with Crippen LogP contribution in [0.25, 0.3) is 0 Å². The number of hydrogen-bond acceptors (Lipinski definition) is 5. The summed E-state index contributed by atoms with van der Waals surface area (Å²) < 4.78 is 27.6. The van der Waals surface area contributed by atoms with Gasteiger partial charge in [-0.1, -0.05) is 23.5 Å². The van der Waals surface area contributed by atoms with Crippen molar-refractivity contribution < 1.29 is 8.42 Å². The standard InChI is InChI=1S/C11H12BrN3O2S2/c1-7(13)8-3-2-4-9(5-8)19(16,17)15-11-14-6-10(12)18-11/h2-7H,13H2,1H3,(H,14,15). The van der Waals surface area contributed by atoms with Gasteiger partial charge in [0, 0.05) is 6.04 Å². The summed E-state index contributed by atoms with van der Waals surface area (Å²) in [5.41, 5.74) is 6.52. The lowest BCUT2D eigenvalue weighted by atomic mass is 10.1. The highest BCUT2D eigenvalue weighted by atomic mass is 79.9. The third-order valence-corrected chi connectivity index (χ3v) is 5.25. The largest absolute Gasteiger partial charge is 0.324 e. The highest BCUT2D eigenvalue weighted by Gasteiger charge is 2.17. The SMILES string of the molecule is CC(N)c1cccc(S(=O)(=O)Nc2ncc(Br)s2)c1. The van der Waals surface area contributed by atoms with Crippen molar-refractivity contribution in [3.63, 3.8) is 0 Å². The Bertz CT molecular complexity index is 683. The molecule has 0 saturated heterocycles. The molecule has 0 radical (unpaired) electrons. The molecular weight excluding hydrogens is 350 g/mol. The van der Waals surface area contributed by atoms with Crippen molar-refractivity contribution in [3.8, 4) is 0 Å². The zero-order chi connectivity index (χ0) is 14.0. The van der Waals surface area contributed by atoms with Crippen LogP contribution in [0.3, 0.4) is 0 Å². The lowest BCUT2D eigenvalue weighted by molar-refractivity contribution is 0.601. The minimum atomic E-state index is -3.63. The lowest BCUT2D eigenvalue weighted by Gasteiger charge is -2.09. The summed E-state index contributed by atoms with van der Waals surface area (Å²) in [6.45, 7) is 1.80. The molecule has 0 saturated carbocycles. The minimum Gasteiger partial charge on any atom is -0.324 e. The molecule has 1 unspecified atom stereocenters. The van der Waals surface area contributed by atoms with Crippen LogP contribution in [0.5, 0.6) is 0 Å². The van der Waals surface area contributed by atoms with Gasteiger partial charge in [-0.05, 0) is 40.5 Å². The normalized spacial score (nSPS) is 13.2. The molecule has 1 heterocycles. The van der Waals surface area contributed by atoms with Gasteiger partial charge in [-0.3, -0.25) is 4.72 Å². The molecule has 8 heteroatoms. The molecule has 1 aromatic carbocycles. The molecular formula is C11H12BrN3O2S2. The molecule has 5 nitrogen and oxygen atoms in total. The number of rotatable bonds is 4. The smallest absolute Gasteiger partial charge is 0.263 e. The first-order valence-electron chi connectivity index (χ1n) is 5.38. The van der Waals surface area contributed by atoms with Crippen molar-refractivity contribution in [1.82, 2.24) is 4.98 Å². The van der Waals surface area contributed by atoms with E-state index in [9.17, 15) is 8.42 Å². The second kappa shape index (κ2) is 5.58. The molecule has 0 bridgehead atoms. The third-order valence-electron chi connectivity index (χ3n) is 2.39. The molecule has 0 aliphatic carbocycles. The second-order valence-corrected chi connectivity index (χ2v) is 8.03. The molecule has 102 valence electrons. The summed E-state index contributed by atoms with van der Waals surface area (Å²) in [6.07, 6.45) is 1.54. The zero-order valence-corrected chi connectivity index (χ0v) is 13.2. The highest BCUT2D eigenvalue weighted by molar-refractivity contribution is 9.11. The van der Waals surface area contributed by atoms with Gasteiger partial charge in [0.15, 0.2) is 5.13 Å². The Kier molecular flexibility index (Phi) is 4.24. The average Bonchev–Trinajstić information content (AvgIpc) is 2.74. The van der Waals surface area contributed by atoms with Gasteiger partial charge >= 0.3 is 0 Å². The number of nitrogens with two attached hydrogens (primary N) is 1. The zero-order valence-electron chi connectivity index (χ0n) is 10.00. The minimum absolute atomic E-state index is 0.175. The number of nitrogens with one attached hydrogen (secondary N) is 1. The molecule has 0 amide bonds. The van der Waals surface area contributed by atoms with Crippen LogP contribution in [0.15, 0.2) is 39.1 Å². The number of thiazole rings is 1. The van der Waals surface area contributed by atoms with E-state index in [1.165, 1.54) is 17.4 Å². The number of aromatic nitrogens is 1. The number of halogens is 1. The lowest BCUT2D eigenvalue weighted by Crippen LogP contribution is -2.14.